The van der Waals surface area contributed by atoms with Gasteiger partial charge in [-0.1, -0.05) is 11.6 Å². The highest BCUT2D eigenvalue weighted by Crippen LogP contribution is 2.47. The molecule has 5 aliphatic rings. The summed E-state index contributed by atoms with van der Waals surface area (Å²) < 4.78 is 5.49. The Morgan fingerprint density at radius 3 is 2.77 bits per heavy atom. The maximum absolute atomic E-state index is 6.48. The van der Waals surface area contributed by atoms with Gasteiger partial charge < -0.3 is 25.2 Å². The summed E-state index contributed by atoms with van der Waals surface area (Å²) in [7, 11) is 0. The summed E-state index contributed by atoms with van der Waals surface area (Å²) in [5.74, 6) is 1.58. The van der Waals surface area contributed by atoms with Crippen LogP contribution in [0.1, 0.15) is 0 Å². The van der Waals surface area contributed by atoms with E-state index in [0.29, 0.717) is 24.3 Å². The molecule has 0 aromatic carbocycles. The van der Waals surface area contributed by atoms with E-state index in [2.05, 4.69) is 47.5 Å². The van der Waals surface area contributed by atoms with Gasteiger partial charge in [0, 0.05) is 64.6 Å². The molecule has 4 aliphatic heterocycles. The SMILES string of the molecule is Clc1cc(N2CCNCC2N2CCNCC23c2ccnc3c2)nc(N2CCOCC2)n1. The molecule has 1 aromatic heterocycles. The molecule has 6 rings (SSSR count). The van der Waals surface area contributed by atoms with Crippen molar-refractivity contribution >= 4 is 29.6 Å². The standard InChI is InChI=1S/C21H27ClN8O/c22-17-12-18(27-20(26-17)28-7-9-31-10-8-28)29-5-3-23-13-19(29)30-6-4-24-14-21(30)15-1-2-25-16(21)11-15/h1-2,11-12,19,23-24H,3-10,13-14H2. The van der Waals surface area contributed by atoms with Crippen LogP contribution in [-0.2, 0) is 4.74 Å². The Morgan fingerprint density at radius 1 is 1.10 bits per heavy atom. The van der Waals surface area contributed by atoms with Gasteiger partial charge in [-0.25, -0.2) is 4.98 Å². The van der Waals surface area contributed by atoms with Gasteiger partial charge in [0.25, 0.3) is 0 Å². The number of hydrogen-bond donors (Lipinski definition) is 2. The second-order valence-electron chi connectivity index (χ2n) is 8.49. The third-order valence-electron chi connectivity index (χ3n) is 6.90. The number of anilines is 2. The Labute approximate surface area is 186 Å². The van der Waals surface area contributed by atoms with Crippen LogP contribution in [0.5, 0.6) is 0 Å². The number of nitrogens with one attached hydrogen (secondary N) is 2. The van der Waals surface area contributed by atoms with Crippen LogP contribution in [0.2, 0.25) is 5.15 Å². The average molecular weight is 443 g/mol. The molecule has 1 aliphatic carbocycles. The molecule has 10 heteroatoms. The molecule has 2 unspecified atom stereocenters. The smallest absolute Gasteiger partial charge is 0.228 e. The Kier molecular flexibility index (Phi) is 4.96. The zero-order chi connectivity index (χ0) is 20.8. The van der Waals surface area contributed by atoms with Gasteiger partial charge in [-0.15, -0.1) is 0 Å². The van der Waals surface area contributed by atoms with Crippen molar-refractivity contribution in [3.8, 4) is 0 Å². The maximum atomic E-state index is 6.48. The Bertz CT molecular complexity index is 945. The van der Waals surface area contributed by atoms with Gasteiger partial charge in [0.15, 0.2) is 0 Å². The van der Waals surface area contributed by atoms with Crippen LogP contribution in [-0.4, -0.2) is 98.4 Å². The van der Waals surface area contributed by atoms with Crippen molar-refractivity contribution < 1.29 is 4.74 Å². The van der Waals surface area contributed by atoms with Crippen molar-refractivity contribution in [2.45, 2.75) is 11.7 Å². The first-order valence-corrected chi connectivity index (χ1v) is 11.4. The molecule has 1 aromatic rings. The van der Waals surface area contributed by atoms with E-state index in [1.165, 1.54) is 5.57 Å². The van der Waals surface area contributed by atoms with E-state index < -0.39 is 0 Å². The lowest BCUT2D eigenvalue weighted by Crippen LogP contribution is -2.74. The zero-order valence-corrected chi connectivity index (χ0v) is 18.2. The molecule has 3 fully saturated rings. The van der Waals surface area contributed by atoms with Crippen LogP contribution in [0.4, 0.5) is 11.8 Å². The highest BCUT2D eigenvalue weighted by Gasteiger charge is 2.54. The summed E-state index contributed by atoms with van der Waals surface area (Å²) in [4.78, 5) is 21.3. The summed E-state index contributed by atoms with van der Waals surface area (Å²) in [5, 5.41) is 7.66. The third-order valence-corrected chi connectivity index (χ3v) is 7.09. The average Bonchev–Trinajstić information content (AvgIpc) is 2.84. The minimum atomic E-state index is -0.154. The minimum absolute atomic E-state index is 0.153. The number of ether oxygens (including phenoxy) is 1. The molecule has 2 bridgehead atoms. The van der Waals surface area contributed by atoms with Gasteiger partial charge in [0.05, 0.1) is 25.1 Å². The maximum Gasteiger partial charge on any atom is 0.228 e. The van der Waals surface area contributed by atoms with E-state index in [4.69, 9.17) is 21.3 Å². The van der Waals surface area contributed by atoms with E-state index in [0.717, 1.165) is 63.9 Å². The van der Waals surface area contributed by atoms with E-state index in [1.54, 1.807) is 0 Å². The van der Waals surface area contributed by atoms with Crippen molar-refractivity contribution in [2.24, 2.45) is 4.99 Å². The van der Waals surface area contributed by atoms with Crippen molar-refractivity contribution in [2.75, 3.05) is 75.4 Å². The summed E-state index contributed by atoms with van der Waals surface area (Å²) in [6, 6.07) is 1.90. The Morgan fingerprint density at radius 2 is 1.97 bits per heavy atom. The van der Waals surface area contributed by atoms with Crippen molar-refractivity contribution in [1.82, 2.24) is 25.5 Å². The van der Waals surface area contributed by atoms with Gasteiger partial charge in [-0.05, 0) is 17.7 Å². The summed E-state index contributed by atoms with van der Waals surface area (Å²) in [6.07, 6.45) is 6.42. The number of aliphatic imine (C=N–C) groups is 1. The van der Waals surface area contributed by atoms with Crippen molar-refractivity contribution in [3.63, 3.8) is 0 Å². The second-order valence-corrected chi connectivity index (χ2v) is 8.87. The minimum Gasteiger partial charge on any atom is -0.378 e. The van der Waals surface area contributed by atoms with Gasteiger partial charge in [0.2, 0.25) is 5.95 Å². The van der Waals surface area contributed by atoms with Gasteiger partial charge in [-0.3, -0.25) is 9.89 Å². The monoisotopic (exact) mass is 442 g/mol. The van der Waals surface area contributed by atoms with Gasteiger partial charge >= 0.3 is 0 Å². The highest BCUT2D eigenvalue weighted by atomic mass is 35.5. The molecule has 31 heavy (non-hydrogen) atoms. The molecule has 3 saturated heterocycles. The highest BCUT2D eigenvalue weighted by molar-refractivity contribution is 6.29. The summed E-state index contributed by atoms with van der Waals surface area (Å²) in [6.45, 7) is 8.37. The lowest BCUT2D eigenvalue weighted by Gasteiger charge is -2.58. The Hall–Kier alpha value is -2.04. The lowest BCUT2D eigenvalue weighted by molar-refractivity contribution is 0.0527. The quantitative estimate of drug-likeness (QED) is 0.645. The number of dihydropyridines is 1. The molecule has 5 heterocycles. The summed E-state index contributed by atoms with van der Waals surface area (Å²) in [5.41, 5.74) is 2.33. The van der Waals surface area contributed by atoms with Crippen LogP contribution in [0.3, 0.4) is 0 Å². The molecule has 164 valence electrons. The zero-order valence-electron chi connectivity index (χ0n) is 17.4. The number of aromatic nitrogens is 2. The Balaban J connectivity index is 1.34. The molecular weight excluding hydrogens is 416 g/mol. The normalized spacial score (nSPS) is 30.8. The third kappa shape index (κ3) is 3.18. The number of hydrogen-bond acceptors (Lipinski definition) is 9. The first-order valence-electron chi connectivity index (χ1n) is 11.0. The van der Waals surface area contributed by atoms with E-state index in [1.807, 2.05) is 12.3 Å². The number of piperazine rings is 2. The molecule has 9 nitrogen and oxygen atoms in total. The lowest BCUT2D eigenvalue weighted by atomic mass is 9.71. The largest absolute Gasteiger partial charge is 0.378 e. The van der Waals surface area contributed by atoms with Crippen LogP contribution in [0.25, 0.3) is 0 Å². The molecule has 2 N–H and O–H groups in total. The molecule has 0 radical (unpaired) electrons. The van der Waals surface area contributed by atoms with Crippen LogP contribution < -0.4 is 20.4 Å². The van der Waals surface area contributed by atoms with Crippen LogP contribution in [0, 0.1) is 0 Å². The molecular formula is C21H27ClN8O. The fourth-order valence-corrected chi connectivity index (χ4v) is 5.51. The second kappa shape index (κ2) is 7.83. The number of halogens is 1. The fraction of sp³-hybridized carbons (Fsp3) is 0.571. The predicted molar refractivity (Wildman–Crippen MR) is 121 cm³/mol. The number of morpholine rings is 1. The predicted octanol–water partition coefficient (Wildman–Crippen LogP) is 0.255. The van der Waals surface area contributed by atoms with E-state index in [9.17, 15) is 0 Å². The van der Waals surface area contributed by atoms with Gasteiger partial charge in [-0.2, -0.15) is 4.98 Å². The molecule has 2 atom stereocenters. The van der Waals surface area contributed by atoms with E-state index in [-0.39, 0.29) is 11.7 Å². The van der Waals surface area contributed by atoms with Crippen LogP contribution in [0.15, 0.2) is 34.5 Å². The number of rotatable bonds is 3. The molecule has 1 spiro atoms. The molecule has 0 amide bonds. The first kappa shape index (κ1) is 19.6. The van der Waals surface area contributed by atoms with Crippen LogP contribution >= 0.6 is 11.6 Å². The molecule has 0 saturated carbocycles. The number of nitrogens with zero attached hydrogens (tertiary/aromatic N) is 6. The first-order chi connectivity index (χ1) is 15.3. The fourth-order valence-electron chi connectivity index (χ4n) is 5.34. The van der Waals surface area contributed by atoms with Gasteiger partial charge in [0.1, 0.15) is 16.5 Å². The number of allylic oxidation sites excluding steroid dienone is 1. The summed E-state index contributed by atoms with van der Waals surface area (Å²) >= 11 is 6.48. The van der Waals surface area contributed by atoms with E-state index >= 15 is 0 Å². The topological polar surface area (TPSA) is 81.2 Å². The van der Waals surface area contributed by atoms with Crippen molar-refractivity contribution in [3.05, 3.63) is 34.6 Å². The van der Waals surface area contributed by atoms with Crippen molar-refractivity contribution in [1.29, 1.82) is 0 Å².